The highest BCUT2D eigenvalue weighted by atomic mass is 35.5. The van der Waals surface area contributed by atoms with Gasteiger partial charge in [0, 0.05) is 0 Å². The van der Waals surface area contributed by atoms with E-state index in [4.69, 9.17) is 11.6 Å². The van der Waals surface area contributed by atoms with Crippen LogP contribution in [0.1, 0.15) is 81.7 Å². The summed E-state index contributed by atoms with van der Waals surface area (Å²) in [4.78, 5) is 0. The van der Waals surface area contributed by atoms with Crippen molar-refractivity contribution in [3.05, 3.63) is 35.4 Å². The highest BCUT2D eigenvalue weighted by molar-refractivity contribution is 6.20. The zero-order valence-electron chi connectivity index (χ0n) is 12.6. The molecule has 0 amide bonds. The predicted octanol–water partition coefficient (Wildman–Crippen LogP) is 6.45. The second-order valence-electron chi connectivity index (χ2n) is 7.23. The van der Waals surface area contributed by atoms with Crippen LogP contribution >= 0.6 is 11.6 Å². The molecule has 1 aliphatic rings. The molecule has 0 bridgehead atoms. The number of alkyl halides is 1. The maximum absolute atomic E-state index is 6.53. The average molecular weight is 279 g/mol. The van der Waals surface area contributed by atoms with E-state index >= 15 is 0 Å². The van der Waals surface area contributed by atoms with Crippen LogP contribution in [0.3, 0.4) is 0 Å². The first kappa shape index (κ1) is 14.9. The van der Waals surface area contributed by atoms with Gasteiger partial charge in [-0.1, -0.05) is 64.3 Å². The Labute approximate surface area is 123 Å². The van der Waals surface area contributed by atoms with Crippen molar-refractivity contribution in [3.63, 3.8) is 0 Å². The summed E-state index contributed by atoms with van der Waals surface area (Å²) >= 11 is 6.53. The van der Waals surface area contributed by atoms with Crippen LogP contribution in [0.4, 0.5) is 0 Å². The molecule has 0 heterocycles. The molecule has 19 heavy (non-hydrogen) atoms. The molecule has 1 aromatic carbocycles. The number of benzene rings is 1. The minimum atomic E-state index is 0.139. The van der Waals surface area contributed by atoms with E-state index in [1.165, 1.54) is 43.2 Å². The van der Waals surface area contributed by atoms with Crippen molar-refractivity contribution < 1.29 is 0 Å². The third kappa shape index (κ3) is 4.53. The molecular formula is C18H27Cl. The summed E-state index contributed by atoms with van der Waals surface area (Å²) in [6.07, 6.45) is 7.97. The molecule has 0 N–H and O–H groups in total. The molecule has 0 aliphatic heterocycles. The smallest absolute Gasteiger partial charge is 0.0590 e. The van der Waals surface area contributed by atoms with Crippen LogP contribution in [0.25, 0.3) is 0 Å². The summed E-state index contributed by atoms with van der Waals surface area (Å²) in [7, 11) is 0. The molecule has 0 spiro atoms. The molecule has 0 aromatic heterocycles. The lowest BCUT2D eigenvalue weighted by molar-refractivity contribution is 0.372. The highest BCUT2D eigenvalue weighted by Gasteiger charge is 2.19. The topological polar surface area (TPSA) is 0 Å². The molecular weight excluding hydrogens is 252 g/mol. The SMILES string of the molecule is CC(C)(C)CC(Cl)c1ccc(C2CCCCC2)cc1. The van der Waals surface area contributed by atoms with Crippen molar-refractivity contribution in [2.75, 3.05) is 0 Å². The van der Waals surface area contributed by atoms with Crippen LogP contribution in [0.15, 0.2) is 24.3 Å². The Morgan fingerprint density at radius 2 is 1.63 bits per heavy atom. The Morgan fingerprint density at radius 3 is 2.16 bits per heavy atom. The first-order valence-electron chi connectivity index (χ1n) is 7.70. The van der Waals surface area contributed by atoms with E-state index in [-0.39, 0.29) is 10.8 Å². The van der Waals surface area contributed by atoms with Crippen LogP contribution in [0.2, 0.25) is 0 Å². The van der Waals surface area contributed by atoms with Gasteiger partial charge in [-0.3, -0.25) is 0 Å². The van der Waals surface area contributed by atoms with Gasteiger partial charge in [0.05, 0.1) is 5.38 Å². The third-order valence-corrected chi connectivity index (χ3v) is 4.57. The van der Waals surface area contributed by atoms with Crippen LogP contribution in [0.5, 0.6) is 0 Å². The molecule has 0 radical (unpaired) electrons. The van der Waals surface area contributed by atoms with E-state index < -0.39 is 0 Å². The molecule has 1 atom stereocenters. The summed E-state index contributed by atoms with van der Waals surface area (Å²) in [6.45, 7) is 6.75. The Balaban J connectivity index is 2.01. The molecule has 1 heteroatoms. The zero-order chi connectivity index (χ0) is 13.9. The van der Waals surface area contributed by atoms with Gasteiger partial charge in [-0.15, -0.1) is 11.6 Å². The average Bonchev–Trinajstić information content (AvgIpc) is 2.38. The molecule has 2 rings (SSSR count). The molecule has 1 unspecified atom stereocenters. The second kappa shape index (κ2) is 6.31. The quantitative estimate of drug-likeness (QED) is 0.557. The van der Waals surface area contributed by atoms with E-state index in [0.717, 1.165) is 12.3 Å². The van der Waals surface area contributed by atoms with Gasteiger partial charge in [-0.05, 0) is 41.7 Å². The number of halogens is 1. The van der Waals surface area contributed by atoms with Crippen LogP contribution in [-0.4, -0.2) is 0 Å². The molecule has 1 aliphatic carbocycles. The summed E-state index contributed by atoms with van der Waals surface area (Å²) in [6, 6.07) is 9.10. The van der Waals surface area contributed by atoms with Gasteiger partial charge < -0.3 is 0 Å². The monoisotopic (exact) mass is 278 g/mol. The van der Waals surface area contributed by atoms with Gasteiger partial charge in [0.15, 0.2) is 0 Å². The fourth-order valence-electron chi connectivity index (χ4n) is 3.07. The fourth-order valence-corrected chi connectivity index (χ4v) is 3.68. The van der Waals surface area contributed by atoms with E-state index in [9.17, 15) is 0 Å². The van der Waals surface area contributed by atoms with Crippen molar-refractivity contribution in [1.82, 2.24) is 0 Å². The van der Waals surface area contributed by atoms with Gasteiger partial charge in [0.25, 0.3) is 0 Å². The third-order valence-electron chi connectivity index (χ3n) is 4.17. The van der Waals surface area contributed by atoms with E-state index in [0.29, 0.717) is 0 Å². The summed E-state index contributed by atoms with van der Waals surface area (Å²) < 4.78 is 0. The van der Waals surface area contributed by atoms with Gasteiger partial charge >= 0.3 is 0 Å². The first-order valence-corrected chi connectivity index (χ1v) is 8.13. The normalized spacial score (nSPS) is 19.4. The summed E-state index contributed by atoms with van der Waals surface area (Å²) in [5, 5.41) is 0.139. The Kier molecular flexibility index (Phi) is 4.95. The molecule has 1 aromatic rings. The molecule has 1 fully saturated rings. The van der Waals surface area contributed by atoms with Crippen molar-refractivity contribution in [3.8, 4) is 0 Å². The first-order chi connectivity index (χ1) is 8.96. The number of hydrogen-bond acceptors (Lipinski definition) is 0. The van der Waals surface area contributed by atoms with Crippen molar-refractivity contribution in [1.29, 1.82) is 0 Å². The Bertz CT molecular complexity index is 379. The predicted molar refractivity (Wildman–Crippen MR) is 84.9 cm³/mol. The lowest BCUT2D eigenvalue weighted by atomic mass is 9.83. The van der Waals surface area contributed by atoms with Gasteiger partial charge in [-0.25, -0.2) is 0 Å². The summed E-state index contributed by atoms with van der Waals surface area (Å²) in [5.74, 6) is 0.791. The van der Waals surface area contributed by atoms with E-state index in [1.54, 1.807) is 0 Å². The second-order valence-corrected chi connectivity index (χ2v) is 7.76. The lowest BCUT2D eigenvalue weighted by Gasteiger charge is -2.24. The lowest BCUT2D eigenvalue weighted by Crippen LogP contribution is -2.09. The fraction of sp³-hybridized carbons (Fsp3) is 0.667. The highest BCUT2D eigenvalue weighted by Crippen LogP contribution is 2.36. The maximum Gasteiger partial charge on any atom is 0.0590 e. The van der Waals surface area contributed by atoms with Crippen LogP contribution in [-0.2, 0) is 0 Å². The van der Waals surface area contributed by atoms with Gasteiger partial charge in [-0.2, -0.15) is 0 Å². The maximum atomic E-state index is 6.53. The minimum Gasteiger partial charge on any atom is -0.118 e. The molecule has 106 valence electrons. The Hall–Kier alpha value is -0.490. The van der Waals surface area contributed by atoms with Crippen molar-refractivity contribution >= 4 is 11.6 Å². The van der Waals surface area contributed by atoms with Crippen LogP contribution < -0.4 is 0 Å². The molecule has 0 nitrogen and oxygen atoms in total. The standard InChI is InChI=1S/C18H27Cl/c1-18(2,3)13-17(19)16-11-9-15(10-12-16)14-7-5-4-6-8-14/h9-12,14,17H,4-8,13H2,1-3H3. The van der Waals surface area contributed by atoms with Crippen LogP contribution in [0, 0.1) is 5.41 Å². The number of hydrogen-bond donors (Lipinski definition) is 0. The van der Waals surface area contributed by atoms with Crippen molar-refractivity contribution in [2.24, 2.45) is 5.41 Å². The summed E-state index contributed by atoms with van der Waals surface area (Å²) in [5.41, 5.74) is 3.08. The largest absolute Gasteiger partial charge is 0.118 e. The van der Waals surface area contributed by atoms with Gasteiger partial charge in [0.1, 0.15) is 0 Å². The zero-order valence-corrected chi connectivity index (χ0v) is 13.3. The van der Waals surface area contributed by atoms with Gasteiger partial charge in [0.2, 0.25) is 0 Å². The molecule has 0 saturated heterocycles. The minimum absolute atomic E-state index is 0.139. The Morgan fingerprint density at radius 1 is 1.05 bits per heavy atom. The van der Waals surface area contributed by atoms with E-state index in [1.807, 2.05) is 0 Å². The number of rotatable bonds is 3. The van der Waals surface area contributed by atoms with Crippen molar-refractivity contribution in [2.45, 2.75) is 70.6 Å². The molecule has 1 saturated carbocycles. The van der Waals surface area contributed by atoms with E-state index in [2.05, 4.69) is 45.0 Å².